The SMILES string of the molecule is Cl.c1cc(C2CCNCC2)c2nc([C@H]3CCCOC3)[nH]c2n1. The lowest BCUT2D eigenvalue weighted by atomic mass is 9.90. The third kappa shape index (κ3) is 2.98. The second-order valence-corrected chi connectivity index (χ2v) is 6.16. The highest BCUT2D eigenvalue weighted by Gasteiger charge is 2.23. The minimum atomic E-state index is 0. The van der Waals surface area contributed by atoms with Crippen molar-refractivity contribution in [1.82, 2.24) is 20.3 Å². The monoisotopic (exact) mass is 322 g/mol. The van der Waals surface area contributed by atoms with Crippen molar-refractivity contribution in [2.24, 2.45) is 0 Å². The molecule has 0 amide bonds. The second-order valence-electron chi connectivity index (χ2n) is 6.16. The molecule has 0 radical (unpaired) electrons. The van der Waals surface area contributed by atoms with Gasteiger partial charge in [-0.15, -0.1) is 12.4 Å². The van der Waals surface area contributed by atoms with Crippen LogP contribution in [0.25, 0.3) is 11.2 Å². The molecular formula is C16H23ClN4O. The molecule has 22 heavy (non-hydrogen) atoms. The lowest BCUT2D eigenvalue weighted by Crippen LogP contribution is -2.26. The molecule has 4 rings (SSSR count). The number of H-pyrrole nitrogens is 1. The largest absolute Gasteiger partial charge is 0.381 e. The predicted molar refractivity (Wildman–Crippen MR) is 88.8 cm³/mol. The summed E-state index contributed by atoms with van der Waals surface area (Å²) in [7, 11) is 0. The van der Waals surface area contributed by atoms with Crippen LogP contribution in [0.15, 0.2) is 12.3 Å². The maximum absolute atomic E-state index is 5.59. The van der Waals surface area contributed by atoms with E-state index in [-0.39, 0.29) is 12.4 Å². The molecule has 2 fully saturated rings. The third-order valence-electron chi connectivity index (χ3n) is 4.76. The van der Waals surface area contributed by atoms with Crippen molar-refractivity contribution >= 4 is 23.6 Å². The Morgan fingerprint density at radius 3 is 2.77 bits per heavy atom. The van der Waals surface area contributed by atoms with E-state index in [1.807, 2.05) is 6.20 Å². The Bertz CT molecular complexity index is 618. The Hall–Kier alpha value is -1.17. The Kier molecular flexibility index (Phi) is 4.96. The minimum absolute atomic E-state index is 0. The number of halogens is 1. The number of fused-ring (bicyclic) bond motifs is 1. The Morgan fingerprint density at radius 1 is 1.14 bits per heavy atom. The maximum atomic E-state index is 5.59. The average Bonchev–Trinajstić information content (AvgIpc) is 3.00. The predicted octanol–water partition coefficient (Wildman–Crippen LogP) is 2.74. The van der Waals surface area contributed by atoms with Gasteiger partial charge in [0, 0.05) is 18.7 Å². The van der Waals surface area contributed by atoms with Gasteiger partial charge in [0.1, 0.15) is 11.3 Å². The van der Waals surface area contributed by atoms with Gasteiger partial charge >= 0.3 is 0 Å². The summed E-state index contributed by atoms with van der Waals surface area (Å²) in [6, 6.07) is 2.15. The van der Waals surface area contributed by atoms with E-state index in [0.717, 1.165) is 56.1 Å². The first-order chi connectivity index (χ1) is 10.4. The molecule has 2 N–H and O–H groups in total. The Morgan fingerprint density at radius 2 is 2.00 bits per heavy atom. The number of nitrogens with zero attached hydrogens (tertiary/aromatic N) is 2. The lowest BCUT2D eigenvalue weighted by Gasteiger charge is -2.23. The topological polar surface area (TPSA) is 62.8 Å². The molecule has 0 bridgehead atoms. The summed E-state index contributed by atoms with van der Waals surface area (Å²) >= 11 is 0. The van der Waals surface area contributed by atoms with Crippen molar-refractivity contribution in [1.29, 1.82) is 0 Å². The molecule has 120 valence electrons. The molecule has 0 aliphatic carbocycles. The van der Waals surface area contributed by atoms with Gasteiger partial charge in [-0.3, -0.25) is 0 Å². The van der Waals surface area contributed by atoms with Gasteiger partial charge in [0.2, 0.25) is 0 Å². The van der Waals surface area contributed by atoms with Gasteiger partial charge < -0.3 is 15.0 Å². The number of hydrogen-bond donors (Lipinski definition) is 2. The fourth-order valence-corrected chi connectivity index (χ4v) is 3.56. The summed E-state index contributed by atoms with van der Waals surface area (Å²) in [6.45, 7) is 3.86. The van der Waals surface area contributed by atoms with E-state index >= 15 is 0 Å². The molecule has 2 aliphatic rings. The normalized spacial score (nSPS) is 23.4. The smallest absolute Gasteiger partial charge is 0.157 e. The second kappa shape index (κ2) is 6.94. The van der Waals surface area contributed by atoms with Crippen LogP contribution in [0.2, 0.25) is 0 Å². The van der Waals surface area contributed by atoms with E-state index in [1.54, 1.807) is 0 Å². The van der Waals surface area contributed by atoms with Crippen LogP contribution in [-0.4, -0.2) is 41.3 Å². The molecule has 0 spiro atoms. The summed E-state index contributed by atoms with van der Waals surface area (Å²) in [4.78, 5) is 12.8. The third-order valence-corrected chi connectivity index (χ3v) is 4.76. The summed E-state index contributed by atoms with van der Waals surface area (Å²) in [5, 5.41) is 3.43. The fourth-order valence-electron chi connectivity index (χ4n) is 3.56. The molecule has 2 aromatic heterocycles. The highest BCUT2D eigenvalue weighted by atomic mass is 35.5. The summed E-state index contributed by atoms with van der Waals surface area (Å²) in [5.41, 5.74) is 3.37. The highest BCUT2D eigenvalue weighted by molar-refractivity contribution is 5.85. The van der Waals surface area contributed by atoms with Crippen LogP contribution in [0.5, 0.6) is 0 Å². The molecule has 5 nitrogen and oxygen atoms in total. The quantitative estimate of drug-likeness (QED) is 0.892. The van der Waals surface area contributed by atoms with E-state index in [9.17, 15) is 0 Å². The Labute approximate surface area is 136 Å². The standard InChI is InChI=1S/C16H22N4O.ClH/c1-2-12(10-21-9-1)15-19-14-13(5-8-18-16(14)20-15)11-3-6-17-7-4-11;/h5,8,11-12,17H,1-4,6-7,9-10H2,(H,18,19,20);1H/t12-;/m0./s1. The first-order valence-electron chi connectivity index (χ1n) is 8.05. The summed E-state index contributed by atoms with van der Waals surface area (Å²) in [5.74, 6) is 2.06. The number of aromatic nitrogens is 3. The molecule has 2 aliphatic heterocycles. The van der Waals surface area contributed by atoms with Gasteiger partial charge in [-0.2, -0.15) is 0 Å². The molecule has 0 aromatic carbocycles. The van der Waals surface area contributed by atoms with Gasteiger partial charge in [0.15, 0.2) is 5.65 Å². The molecule has 0 saturated carbocycles. The maximum Gasteiger partial charge on any atom is 0.157 e. The van der Waals surface area contributed by atoms with Crippen LogP contribution in [0.1, 0.15) is 48.9 Å². The number of ether oxygens (including phenoxy) is 1. The molecule has 2 saturated heterocycles. The van der Waals surface area contributed by atoms with Crippen LogP contribution in [-0.2, 0) is 4.74 Å². The number of aromatic amines is 1. The summed E-state index contributed by atoms with van der Waals surface area (Å²) < 4.78 is 5.59. The van der Waals surface area contributed by atoms with Gasteiger partial charge in [-0.25, -0.2) is 9.97 Å². The van der Waals surface area contributed by atoms with Crippen LogP contribution in [0, 0.1) is 0 Å². The average molecular weight is 323 g/mol. The molecule has 4 heterocycles. The molecule has 2 aromatic rings. The molecular weight excluding hydrogens is 300 g/mol. The van der Waals surface area contributed by atoms with Crippen LogP contribution in [0.3, 0.4) is 0 Å². The van der Waals surface area contributed by atoms with Crippen molar-refractivity contribution in [3.8, 4) is 0 Å². The number of piperidine rings is 1. The van der Waals surface area contributed by atoms with E-state index < -0.39 is 0 Å². The van der Waals surface area contributed by atoms with Crippen molar-refractivity contribution in [3.63, 3.8) is 0 Å². The van der Waals surface area contributed by atoms with Gasteiger partial charge in [0.25, 0.3) is 0 Å². The van der Waals surface area contributed by atoms with Crippen molar-refractivity contribution in [3.05, 3.63) is 23.7 Å². The van der Waals surface area contributed by atoms with Crippen LogP contribution < -0.4 is 5.32 Å². The molecule has 0 unspecified atom stereocenters. The lowest BCUT2D eigenvalue weighted by molar-refractivity contribution is 0.0784. The number of rotatable bonds is 2. The van der Waals surface area contributed by atoms with E-state index in [2.05, 4.69) is 21.4 Å². The van der Waals surface area contributed by atoms with E-state index in [1.165, 1.54) is 18.4 Å². The van der Waals surface area contributed by atoms with E-state index in [4.69, 9.17) is 9.72 Å². The molecule has 6 heteroatoms. The van der Waals surface area contributed by atoms with E-state index in [0.29, 0.717) is 11.8 Å². The zero-order valence-electron chi connectivity index (χ0n) is 12.7. The van der Waals surface area contributed by atoms with Crippen LogP contribution in [0.4, 0.5) is 0 Å². The number of pyridine rings is 1. The minimum Gasteiger partial charge on any atom is -0.381 e. The first-order valence-corrected chi connectivity index (χ1v) is 8.05. The van der Waals surface area contributed by atoms with Gasteiger partial charge in [-0.05, 0) is 56.3 Å². The summed E-state index contributed by atoms with van der Waals surface area (Å²) in [6.07, 6.45) is 6.57. The zero-order chi connectivity index (χ0) is 14.1. The number of imidazole rings is 1. The highest BCUT2D eigenvalue weighted by Crippen LogP contribution is 2.31. The molecule has 1 atom stereocenters. The zero-order valence-corrected chi connectivity index (χ0v) is 13.5. The van der Waals surface area contributed by atoms with Crippen LogP contribution >= 0.6 is 12.4 Å². The fraction of sp³-hybridized carbons (Fsp3) is 0.625. The number of hydrogen-bond acceptors (Lipinski definition) is 4. The first kappa shape index (κ1) is 15.7. The van der Waals surface area contributed by atoms with Crippen molar-refractivity contribution < 1.29 is 4.74 Å². The van der Waals surface area contributed by atoms with Crippen molar-refractivity contribution in [2.75, 3.05) is 26.3 Å². The van der Waals surface area contributed by atoms with Gasteiger partial charge in [0.05, 0.1) is 6.61 Å². The Balaban J connectivity index is 0.00000144. The van der Waals surface area contributed by atoms with Crippen molar-refractivity contribution in [2.45, 2.75) is 37.5 Å². The van der Waals surface area contributed by atoms with Gasteiger partial charge in [-0.1, -0.05) is 0 Å². The number of nitrogens with one attached hydrogen (secondary N) is 2.